The van der Waals surface area contributed by atoms with Crippen molar-refractivity contribution in [2.24, 2.45) is 0 Å². The Bertz CT molecular complexity index is 1510. The van der Waals surface area contributed by atoms with Crippen molar-refractivity contribution in [2.75, 3.05) is 0 Å². The maximum Gasteiger partial charge on any atom is 0.182 e. The van der Waals surface area contributed by atoms with Gasteiger partial charge < -0.3 is 4.42 Å². The van der Waals surface area contributed by atoms with Crippen molar-refractivity contribution in [1.29, 1.82) is 0 Å². The summed E-state index contributed by atoms with van der Waals surface area (Å²) in [6, 6.07) is 25.7. The monoisotopic (exact) mass is 453 g/mol. The summed E-state index contributed by atoms with van der Waals surface area (Å²) in [4.78, 5) is 4.57. The van der Waals surface area contributed by atoms with Crippen LogP contribution < -0.4 is 0 Å². The van der Waals surface area contributed by atoms with Crippen molar-refractivity contribution in [3.8, 4) is 0 Å². The van der Waals surface area contributed by atoms with Crippen LogP contribution in [0.2, 0.25) is 0 Å². The highest BCUT2D eigenvalue weighted by molar-refractivity contribution is 5.94. The highest BCUT2D eigenvalue weighted by atomic mass is 16.3. The Morgan fingerprint density at radius 1 is 0.829 bits per heavy atom. The van der Waals surface area contributed by atoms with E-state index in [0.717, 1.165) is 42.3 Å². The molecule has 35 heavy (non-hydrogen) atoms. The van der Waals surface area contributed by atoms with E-state index in [0.29, 0.717) is 0 Å². The standard InChI is InChI=1S/C33H27NO/c1-3-9-24(10-4-1)19-25-11-7-14-27(18-17-25)31-21-30(22-32-33(31)34-23-35-32)29-16-8-15-28(20-29)26-12-5-2-6-13-26/h1-7,9-14,16-17,20-23H,8,15,18-19H2. The first-order valence-electron chi connectivity index (χ1n) is 12.3. The predicted molar refractivity (Wildman–Crippen MR) is 146 cm³/mol. The van der Waals surface area contributed by atoms with Gasteiger partial charge in [-0.15, -0.1) is 0 Å². The highest BCUT2D eigenvalue weighted by Gasteiger charge is 2.16. The highest BCUT2D eigenvalue weighted by Crippen LogP contribution is 2.36. The van der Waals surface area contributed by atoms with Crippen molar-refractivity contribution < 1.29 is 4.42 Å². The number of aromatic nitrogens is 1. The lowest BCUT2D eigenvalue weighted by molar-refractivity contribution is 0.602. The van der Waals surface area contributed by atoms with Gasteiger partial charge in [-0.05, 0) is 76.8 Å². The summed E-state index contributed by atoms with van der Waals surface area (Å²) in [5.41, 5.74) is 11.9. The summed E-state index contributed by atoms with van der Waals surface area (Å²) in [5.74, 6) is 0. The molecule has 170 valence electrons. The Balaban J connectivity index is 1.33. The molecular weight excluding hydrogens is 426 g/mol. The normalized spacial score (nSPS) is 15.8. The average molecular weight is 454 g/mol. The van der Waals surface area contributed by atoms with Crippen LogP contribution in [0, 0.1) is 0 Å². The number of oxazole rings is 1. The molecule has 0 amide bonds. The lowest BCUT2D eigenvalue weighted by Gasteiger charge is -2.16. The van der Waals surface area contributed by atoms with Crippen LogP contribution in [0.1, 0.15) is 41.5 Å². The minimum atomic E-state index is 0.834. The summed E-state index contributed by atoms with van der Waals surface area (Å²) in [7, 11) is 0. The summed E-state index contributed by atoms with van der Waals surface area (Å²) in [6.45, 7) is 0. The number of rotatable bonds is 5. The molecule has 2 aliphatic rings. The van der Waals surface area contributed by atoms with Crippen LogP contribution in [0.5, 0.6) is 0 Å². The molecule has 4 aromatic rings. The Hall–Kier alpha value is -4.17. The zero-order valence-corrected chi connectivity index (χ0v) is 19.7. The molecule has 0 saturated carbocycles. The third kappa shape index (κ3) is 4.61. The largest absolute Gasteiger partial charge is 0.443 e. The number of nitrogens with zero attached hydrogens (tertiary/aromatic N) is 1. The minimum Gasteiger partial charge on any atom is -0.443 e. The molecule has 0 fully saturated rings. The van der Waals surface area contributed by atoms with Crippen LogP contribution in [-0.2, 0) is 6.42 Å². The zero-order chi connectivity index (χ0) is 23.5. The quantitative estimate of drug-likeness (QED) is 0.302. The van der Waals surface area contributed by atoms with E-state index in [1.165, 1.54) is 39.0 Å². The van der Waals surface area contributed by atoms with Gasteiger partial charge in [-0.2, -0.15) is 0 Å². The predicted octanol–water partition coefficient (Wildman–Crippen LogP) is 8.60. The van der Waals surface area contributed by atoms with Crippen LogP contribution in [0.15, 0.2) is 126 Å². The Labute approximate surface area is 206 Å². The second-order valence-electron chi connectivity index (χ2n) is 9.15. The van der Waals surface area contributed by atoms with E-state index >= 15 is 0 Å². The molecule has 6 rings (SSSR count). The topological polar surface area (TPSA) is 26.0 Å². The SMILES string of the molecule is C1=CC(Cc2ccccc2)=CCC(c2cc(C3=CCCC(c4ccccc4)=C3)cc3ocnc23)=C1. The van der Waals surface area contributed by atoms with Crippen LogP contribution in [-0.4, -0.2) is 4.98 Å². The van der Waals surface area contributed by atoms with Crippen molar-refractivity contribution in [2.45, 2.75) is 25.7 Å². The summed E-state index contributed by atoms with van der Waals surface area (Å²) in [5, 5.41) is 0. The third-order valence-electron chi connectivity index (χ3n) is 6.81. The van der Waals surface area contributed by atoms with Crippen LogP contribution in [0.25, 0.3) is 27.8 Å². The fourth-order valence-corrected chi connectivity index (χ4v) is 4.99. The van der Waals surface area contributed by atoms with Gasteiger partial charge >= 0.3 is 0 Å². The molecule has 0 saturated heterocycles. The first kappa shape index (κ1) is 21.4. The second-order valence-corrected chi connectivity index (χ2v) is 9.15. The van der Waals surface area contributed by atoms with Crippen molar-refractivity contribution >= 4 is 27.8 Å². The van der Waals surface area contributed by atoms with E-state index in [-0.39, 0.29) is 0 Å². The van der Waals surface area contributed by atoms with Gasteiger partial charge in [0.25, 0.3) is 0 Å². The lowest BCUT2D eigenvalue weighted by atomic mass is 9.89. The number of fused-ring (bicyclic) bond motifs is 1. The minimum absolute atomic E-state index is 0.834. The number of allylic oxidation sites excluding steroid dienone is 10. The molecule has 1 aromatic heterocycles. The zero-order valence-electron chi connectivity index (χ0n) is 19.7. The summed E-state index contributed by atoms with van der Waals surface area (Å²) < 4.78 is 5.80. The number of benzene rings is 3. The Morgan fingerprint density at radius 3 is 2.51 bits per heavy atom. The molecule has 2 aliphatic carbocycles. The van der Waals surface area contributed by atoms with Gasteiger partial charge in [0, 0.05) is 5.56 Å². The number of hydrogen-bond acceptors (Lipinski definition) is 2. The Morgan fingerprint density at radius 2 is 1.66 bits per heavy atom. The number of hydrogen-bond donors (Lipinski definition) is 0. The fraction of sp³-hybridized carbons (Fsp3) is 0.121. The molecule has 0 bridgehead atoms. The molecule has 3 aromatic carbocycles. The van der Waals surface area contributed by atoms with Crippen LogP contribution >= 0.6 is 0 Å². The molecule has 0 N–H and O–H groups in total. The molecular formula is C33H27NO. The van der Waals surface area contributed by atoms with Crippen LogP contribution in [0.3, 0.4) is 0 Å². The molecule has 1 heterocycles. The van der Waals surface area contributed by atoms with Gasteiger partial charge in [0.2, 0.25) is 0 Å². The second kappa shape index (κ2) is 9.60. The molecule has 0 aliphatic heterocycles. The molecule has 0 spiro atoms. The molecule has 0 atom stereocenters. The molecule has 2 heteroatoms. The maximum absolute atomic E-state index is 5.80. The lowest BCUT2D eigenvalue weighted by Crippen LogP contribution is -1.95. The van der Waals surface area contributed by atoms with Gasteiger partial charge in [0.05, 0.1) is 0 Å². The van der Waals surface area contributed by atoms with Crippen molar-refractivity contribution in [3.63, 3.8) is 0 Å². The first-order chi connectivity index (χ1) is 17.3. The van der Waals surface area contributed by atoms with E-state index in [1.54, 1.807) is 6.39 Å². The molecule has 0 radical (unpaired) electrons. The van der Waals surface area contributed by atoms with E-state index in [2.05, 4.69) is 114 Å². The van der Waals surface area contributed by atoms with E-state index in [1.807, 2.05) is 0 Å². The van der Waals surface area contributed by atoms with Gasteiger partial charge in [-0.25, -0.2) is 4.98 Å². The molecule has 2 nitrogen and oxygen atoms in total. The van der Waals surface area contributed by atoms with E-state index in [9.17, 15) is 0 Å². The fourth-order valence-electron chi connectivity index (χ4n) is 4.99. The van der Waals surface area contributed by atoms with Gasteiger partial charge in [0.15, 0.2) is 12.0 Å². The van der Waals surface area contributed by atoms with E-state index in [4.69, 9.17) is 4.42 Å². The van der Waals surface area contributed by atoms with Crippen LogP contribution in [0.4, 0.5) is 0 Å². The average Bonchev–Trinajstić information content (AvgIpc) is 3.28. The summed E-state index contributed by atoms with van der Waals surface area (Å²) >= 11 is 0. The first-order valence-corrected chi connectivity index (χ1v) is 12.3. The van der Waals surface area contributed by atoms with Gasteiger partial charge in [-0.1, -0.05) is 97.1 Å². The Kier molecular flexibility index (Phi) is 5.86. The van der Waals surface area contributed by atoms with Crippen molar-refractivity contribution in [1.82, 2.24) is 4.98 Å². The molecule has 0 unspecified atom stereocenters. The van der Waals surface area contributed by atoms with Gasteiger partial charge in [-0.3, -0.25) is 0 Å². The summed E-state index contributed by atoms with van der Waals surface area (Å²) in [6.07, 6.45) is 19.1. The van der Waals surface area contributed by atoms with Crippen molar-refractivity contribution in [3.05, 3.63) is 143 Å². The third-order valence-corrected chi connectivity index (χ3v) is 6.81. The van der Waals surface area contributed by atoms with E-state index < -0.39 is 0 Å². The smallest absolute Gasteiger partial charge is 0.182 e. The maximum atomic E-state index is 5.80. The van der Waals surface area contributed by atoms with Gasteiger partial charge in [0.1, 0.15) is 5.52 Å².